The second-order valence-electron chi connectivity index (χ2n) is 5.34. The number of nitrogens with one attached hydrogen (secondary N) is 2. The number of benzene rings is 1. The van der Waals surface area contributed by atoms with Crippen LogP contribution in [0, 0.1) is 0 Å². The van der Waals surface area contributed by atoms with Crippen LogP contribution in [0.25, 0.3) is 0 Å². The van der Waals surface area contributed by atoms with Gasteiger partial charge in [-0.15, -0.1) is 11.8 Å². The Morgan fingerprint density at radius 3 is 2.58 bits per heavy atom. The second-order valence-corrected chi connectivity index (χ2v) is 7.30. The molecule has 0 spiro atoms. The average Bonchev–Trinajstić information content (AvgIpc) is 2.59. The van der Waals surface area contributed by atoms with E-state index in [1.807, 2.05) is 24.3 Å². The van der Waals surface area contributed by atoms with Crippen LogP contribution in [0.3, 0.4) is 0 Å². The molecule has 1 aliphatic heterocycles. The fourth-order valence-electron chi connectivity index (χ4n) is 2.26. The summed E-state index contributed by atoms with van der Waals surface area (Å²) in [6.07, 6.45) is 0. The van der Waals surface area contributed by atoms with Crippen molar-refractivity contribution in [2.75, 3.05) is 19.0 Å². The van der Waals surface area contributed by atoms with E-state index >= 15 is 0 Å². The van der Waals surface area contributed by atoms with Crippen LogP contribution in [0.5, 0.6) is 0 Å². The molecule has 1 aromatic carbocycles. The van der Waals surface area contributed by atoms with Gasteiger partial charge in [-0.2, -0.15) is 0 Å². The summed E-state index contributed by atoms with van der Waals surface area (Å²) in [5, 5.41) is 5.09. The molecule has 0 fully saturated rings. The van der Waals surface area contributed by atoms with Gasteiger partial charge < -0.3 is 20.1 Å². The number of hydrogen-bond acceptors (Lipinski definition) is 6. The van der Waals surface area contributed by atoms with Crippen LogP contribution in [0.2, 0.25) is 0 Å². The molecule has 0 saturated carbocycles. The van der Waals surface area contributed by atoms with Crippen molar-refractivity contribution in [1.29, 1.82) is 0 Å². The lowest BCUT2D eigenvalue weighted by Crippen LogP contribution is -2.50. The summed E-state index contributed by atoms with van der Waals surface area (Å²) in [7, 11) is 0. The van der Waals surface area contributed by atoms with Crippen molar-refractivity contribution in [3.05, 3.63) is 40.0 Å². The molecule has 140 valence electrons. The molecule has 2 rings (SSSR count). The number of esters is 2. The number of carbonyl (C=O) groups excluding carboxylic acids is 3. The molecule has 1 aromatic rings. The minimum absolute atomic E-state index is 0.116. The Labute approximate surface area is 164 Å². The van der Waals surface area contributed by atoms with Crippen molar-refractivity contribution < 1.29 is 23.9 Å². The first-order valence-corrected chi connectivity index (χ1v) is 9.70. The third kappa shape index (κ3) is 5.77. The maximum atomic E-state index is 12.1. The Balaban J connectivity index is 1.96. The second kappa shape index (κ2) is 9.63. The molecule has 0 aromatic heterocycles. The van der Waals surface area contributed by atoms with E-state index in [-0.39, 0.29) is 30.2 Å². The number of carbonyl (C=O) groups is 3. The van der Waals surface area contributed by atoms with Gasteiger partial charge in [0, 0.05) is 9.37 Å². The first-order valence-electron chi connectivity index (χ1n) is 7.92. The van der Waals surface area contributed by atoms with Gasteiger partial charge in [0.05, 0.1) is 29.7 Å². The highest BCUT2D eigenvalue weighted by molar-refractivity contribution is 9.10. The fraction of sp³-hybridized carbons (Fsp3) is 0.353. The summed E-state index contributed by atoms with van der Waals surface area (Å²) in [6, 6.07) is 6.55. The Hall–Kier alpha value is -2.00. The maximum absolute atomic E-state index is 12.1. The molecule has 0 aliphatic carbocycles. The van der Waals surface area contributed by atoms with Crippen molar-refractivity contribution >= 4 is 45.7 Å². The van der Waals surface area contributed by atoms with Crippen molar-refractivity contribution in [1.82, 2.24) is 10.6 Å². The summed E-state index contributed by atoms with van der Waals surface area (Å²) in [5.74, 6) is -0.886. The van der Waals surface area contributed by atoms with Crippen LogP contribution in [-0.4, -0.2) is 43.0 Å². The molecular weight excluding hydrogens is 424 g/mol. The number of urea groups is 1. The third-order valence-electron chi connectivity index (χ3n) is 3.41. The number of amides is 2. The van der Waals surface area contributed by atoms with Gasteiger partial charge in [0.2, 0.25) is 0 Å². The minimum Gasteiger partial charge on any atom is -0.463 e. The van der Waals surface area contributed by atoms with Crippen LogP contribution in [-0.2, 0) is 19.1 Å². The number of hydrogen-bond donors (Lipinski definition) is 2. The number of ether oxygens (including phenoxy) is 2. The van der Waals surface area contributed by atoms with Gasteiger partial charge in [0.1, 0.15) is 6.61 Å². The molecule has 7 nitrogen and oxygen atoms in total. The summed E-state index contributed by atoms with van der Waals surface area (Å²) >= 11 is 4.69. The van der Waals surface area contributed by atoms with Crippen molar-refractivity contribution in [3.63, 3.8) is 0 Å². The topological polar surface area (TPSA) is 93.7 Å². The lowest BCUT2D eigenvalue weighted by molar-refractivity contribution is -0.141. The summed E-state index contributed by atoms with van der Waals surface area (Å²) < 4.78 is 11.2. The quantitative estimate of drug-likeness (QED) is 0.497. The molecule has 0 radical (unpaired) electrons. The largest absolute Gasteiger partial charge is 0.463 e. The van der Waals surface area contributed by atoms with E-state index in [0.29, 0.717) is 0 Å². The van der Waals surface area contributed by atoms with E-state index in [2.05, 4.69) is 26.6 Å². The van der Waals surface area contributed by atoms with Crippen molar-refractivity contribution in [2.24, 2.45) is 0 Å². The van der Waals surface area contributed by atoms with Crippen LogP contribution in [0.15, 0.2) is 44.9 Å². The fourth-order valence-corrected chi connectivity index (χ4v) is 3.22. The zero-order valence-corrected chi connectivity index (χ0v) is 16.7. The minimum atomic E-state index is -0.553. The summed E-state index contributed by atoms with van der Waals surface area (Å²) in [6.45, 7) is 3.36. The predicted octanol–water partition coefficient (Wildman–Crippen LogP) is 2.60. The molecule has 1 aliphatic rings. The predicted molar refractivity (Wildman–Crippen MR) is 101 cm³/mol. The third-order valence-corrected chi connectivity index (χ3v) is 4.93. The first kappa shape index (κ1) is 20.3. The van der Waals surface area contributed by atoms with Gasteiger partial charge in [-0.3, -0.25) is 4.79 Å². The Morgan fingerprint density at radius 1 is 1.23 bits per heavy atom. The van der Waals surface area contributed by atoms with Crippen molar-refractivity contribution in [2.45, 2.75) is 24.8 Å². The highest BCUT2D eigenvalue weighted by Crippen LogP contribution is 2.21. The Kier molecular flexibility index (Phi) is 7.52. The first-order chi connectivity index (χ1) is 12.4. The molecular formula is C17H19BrN2O5S. The van der Waals surface area contributed by atoms with Gasteiger partial charge in [-0.05, 0) is 38.1 Å². The molecule has 0 unspecified atom stereocenters. The van der Waals surface area contributed by atoms with E-state index < -0.39 is 24.0 Å². The van der Waals surface area contributed by atoms with Gasteiger partial charge in [0.25, 0.3) is 0 Å². The van der Waals surface area contributed by atoms with E-state index in [0.717, 1.165) is 9.37 Å². The number of halogens is 1. The lowest BCUT2D eigenvalue weighted by Gasteiger charge is -2.26. The van der Waals surface area contributed by atoms with Gasteiger partial charge in [-0.25, -0.2) is 9.59 Å². The monoisotopic (exact) mass is 442 g/mol. The van der Waals surface area contributed by atoms with E-state index in [9.17, 15) is 14.4 Å². The normalized spacial score (nSPS) is 16.6. The smallest absolute Gasteiger partial charge is 0.338 e. The van der Waals surface area contributed by atoms with Gasteiger partial charge in [0.15, 0.2) is 0 Å². The molecule has 2 N–H and O–H groups in total. The standard InChI is InChI=1S/C17H19BrN2O5S/c1-3-24-16(22)15-10(2)19-17(23)20-13(15)8-25-14(21)9-26-12-6-4-11(18)5-7-12/h4-7,10H,3,8-9H2,1-2H3,(H2,19,20,23)/t10-/m0/s1. The Bertz CT molecular complexity index is 720. The molecule has 2 amide bonds. The van der Waals surface area contributed by atoms with Gasteiger partial charge >= 0.3 is 18.0 Å². The molecule has 0 saturated heterocycles. The zero-order valence-electron chi connectivity index (χ0n) is 14.3. The summed E-state index contributed by atoms with van der Waals surface area (Å²) in [5.41, 5.74) is 0.488. The molecule has 1 heterocycles. The van der Waals surface area contributed by atoms with Crippen LogP contribution < -0.4 is 10.6 Å². The number of rotatable bonds is 7. The van der Waals surface area contributed by atoms with Crippen LogP contribution in [0.4, 0.5) is 4.79 Å². The zero-order chi connectivity index (χ0) is 19.1. The lowest BCUT2D eigenvalue weighted by atomic mass is 10.0. The number of thioether (sulfide) groups is 1. The highest BCUT2D eigenvalue weighted by Gasteiger charge is 2.30. The molecule has 1 atom stereocenters. The van der Waals surface area contributed by atoms with Crippen molar-refractivity contribution in [3.8, 4) is 0 Å². The molecule has 9 heteroatoms. The molecule has 26 heavy (non-hydrogen) atoms. The molecule has 0 bridgehead atoms. The van der Waals surface area contributed by atoms with Gasteiger partial charge in [-0.1, -0.05) is 15.9 Å². The van der Waals surface area contributed by atoms with Crippen LogP contribution >= 0.6 is 27.7 Å². The summed E-state index contributed by atoms with van der Waals surface area (Å²) in [4.78, 5) is 36.6. The maximum Gasteiger partial charge on any atom is 0.338 e. The van der Waals surface area contributed by atoms with E-state index in [1.165, 1.54) is 11.8 Å². The van der Waals surface area contributed by atoms with E-state index in [4.69, 9.17) is 9.47 Å². The van der Waals surface area contributed by atoms with Crippen LogP contribution in [0.1, 0.15) is 13.8 Å². The average molecular weight is 443 g/mol. The Morgan fingerprint density at radius 2 is 1.92 bits per heavy atom. The SMILES string of the molecule is CCOC(=O)C1=C(COC(=O)CSc2ccc(Br)cc2)NC(=O)N[C@H]1C. The van der Waals surface area contributed by atoms with E-state index in [1.54, 1.807) is 13.8 Å². The highest BCUT2D eigenvalue weighted by atomic mass is 79.9.